The smallest absolute Gasteiger partial charge is 0.387 e. The molecule has 3 nitrogen and oxygen atoms in total. The van der Waals surface area contributed by atoms with Crippen LogP contribution in [0.25, 0.3) is 0 Å². The van der Waals surface area contributed by atoms with Crippen molar-refractivity contribution in [3.63, 3.8) is 0 Å². The van der Waals surface area contributed by atoms with E-state index in [4.69, 9.17) is 11.6 Å². The van der Waals surface area contributed by atoms with Gasteiger partial charge in [0, 0.05) is 23.3 Å². The van der Waals surface area contributed by atoms with E-state index in [0.717, 1.165) is 11.3 Å². The van der Waals surface area contributed by atoms with Crippen molar-refractivity contribution in [2.24, 2.45) is 0 Å². The summed E-state index contributed by atoms with van der Waals surface area (Å²) in [5, 5.41) is 3.59. The van der Waals surface area contributed by atoms with Crippen LogP contribution >= 0.6 is 11.6 Å². The second-order valence-corrected chi connectivity index (χ2v) is 4.61. The molecule has 0 spiro atoms. The van der Waals surface area contributed by atoms with Crippen molar-refractivity contribution in [2.45, 2.75) is 20.1 Å². The Hall–Kier alpha value is -1.88. The van der Waals surface area contributed by atoms with Crippen molar-refractivity contribution in [2.75, 3.05) is 5.32 Å². The van der Waals surface area contributed by atoms with E-state index in [2.05, 4.69) is 15.0 Å². The monoisotopic (exact) mass is 298 g/mol. The molecule has 20 heavy (non-hydrogen) atoms. The maximum atomic E-state index is 12.3. The van der Waals surface area contributed by atoms with Crippen molar-refractivity contribution in [1.29, 1.82) is 0 Å². The summed E-state index contributed by atoms with van der Waals surface area (Å²) in [4.78, 5) is 4.01. The predicted molar refractivity (Wildman–Crippen MR) is 74.4 cm³/mol. The third-order valence-electron chi connectivity index (χ3n) is 2.75. The lowest BCUT2D eigenvalue weighted by atomic mass is 10.2. The summed E-state index contributed by atoms with van der Waals surface area (Å²) in [7, 11) is 0. The molecular formula is C14H13ClF2N2O. The molecule has 0 fully saturated rings. The normalized spacial score (nSPS) is 10.7. The van der Waals surface area contributed by atoms with E-state index in [1.807, 2.05) is 13.0 Å². The number of alkyl halides is 2. The van der Waals surface area contributed by atoms with Crippen molar-refractivity contribution in [1.82, 2.24) is 4.98 Å². The van der Waals surface area contributed by atoms with Gasteiger partial charge in [0.15, 0.2) is 0 Å². The molecule has 0 saturated carbocycles. The molecule has 0 amide bonds. The minimum atomic E-state index is -2.87. The Morgan fingerprint density at radius 3 is 2.85 bits per heavy atom. The summed E-state index contributed by atoms with van der Waals surface area (Å²) in [5.74, 6) is 0.110. The summed E-state index contributed by atoms with van der Waals surface area (Å²) in [6.07, 6.45) is 3.36. The zero-order chi connectivity index (χ0) is 14.5. The van der Waals surface area contributed by atoms with Gasteiger partial charge in [0.25, 0.3) is 0 Å². The van der Waals surface area contributed by atoms with E-state index in [9.17, 15) is 8.78 Å². The van der Waals surface area contributed by atoms with Crippen LogP contribution in [0.5, 0.6) is 5.75 Å². The summed E-state index contributed by atoms with van der Waals surface area (Å²) in [6.45, 7) is -0.622. The van der Waals surface area contributed by atoms with Crippen LogP contribution in [0.1, 0.15) is 11.1 Å². The fourth-order valence-electron chi connectivity index (χ4n) is 1.74. The summed E-state index contributed by atoms with van der Waals surface area (Å²) in [6, 6.07) is 6.40. The van der Waals surface area contributed by atoms with Crippen LogP contribution in [-0.2, 0) is 6.54 Å². The first-order chi connectivity index (χ1) is 9.56. The Bertz CT molecular complexity index is 593. The number of hydrogen-bond acceptors (Lipinski definition) is 3. The van der Waals surface area contributed by atoms with Gasteiger partial charge in [-0.3, -0.25) is 4.98 Å². The highest BCUT2D eigenvalue weighted by atomic mass is 35.5. The number of aromatic nitrogens is 1. The van der Waals surface area contributed by atoms with Crippen LogP contribution in [0.15, 0.2) is 36.7 Å². The quantitative estimate of drug-likeness (QED) is 0.895. The average molecular weight is 299 g/mol. The number of halogens is 3. The summed E-state index contributed by atoms with van der Waals surface area (Å²) in [5.41, 5.74) is 2.40. The van der Waals surface area contributed by atoms with E-state index in [-0.39, 0.29) is 5.75 Å². The third kappa shape index (κ3) is 3.81. The van der Waals surface area contributed by atoms with Gasteiger partial charge in [-0.25, -0.2) is 0 Å². The number of nitrogens with one attached hydrogen (secondary N) is 1. The minimum absolute atomic E-state index is 0.110. The van der Waals surface area contributed by atoms with Gasteiger partial charge in [0.05, 0.1) is 11.9 Å². The van der Waals surface area contributed by atoms with E-state index in [1.165, 1.54) is 12.1 Å². The van der Waals surface area contributed by atoms with E-state index >= 15 is 0 Å². The molecule has 1 heterocycles. The van der Waals surface area contributed by atoms with Crippen LogP contribution in [-0.4, -0.2) is 11.6 Å². The number of ether oxygens (including phenoxy) is 1. The standard InChI is InChI=1S/C14H13ClF2N2O/c1-9-4-5-18-8-12(9)19-7-10-6-11(15)2-3-13(10)20-14(16)17/h2-6,8,14,19H,7H2,1H3. The first-order valence-corrected chi connectivity index (χ1v) is 6.32. The van der Waals surface area contributed by atoms with Crippen LogP contribution in [0.2, 0.25) is 5.02 Å². The highest BCUT2D eigenvalue weighted by molar-refractivity contribution is 6.30. The minimum Gasteiger partial charge on any atom is -0.434 e. The Labute approximate surface area is 120 Å². The van der Waals surface area contributed by atoms with Crippen LogP contribution < -0.4 is 10.1 Å². The molecule has 0 aliphatic carbocycles. The molecule has 0 aliphatic rings. The number of anilines is 1. The molecule has 6 heteroatoms. The van der Waals surface area contributed by atoms with Crippen LogP contribution in [0.3, 0.4) is 0 Å². The van der Waals surface area contributed by atoms with Crippen LogP contribution in [0, 0.1) is 6.92 Å². The molecule has 0 bridgehead atoms. The van der Waals surface area contributed by atoms with Crippen molar-refractivity contribution >= 4 is 17.3 Å². The maximum absolute atomic E-state index is 12.3. The molecule has 0 aliphatic heterocycles. The molecule has 1 N–H and O–H groups in total. The summed E-state index contributed by atoms with van der Waals surface area (Å²) < 4.78 is 29.2. The number of rotatable bonds is 5. The van der Waals surface area contributed by atoms with Crippen molar-refractivity contribution in [3.8, 4) is 5.75 Å². The second-order valence-electron chi connectivity index (χ2n) is 4.17. The first kappa shape index (κ1) is 14.5. The van der Waals surface area contributed by atoms with Gasteiger partial charge < -0.3 is 10.1 Å². The van der Waals surface area contributed by atoms with Gasteiger partial charge in [-0.1, -0.05) is 11.6 Å². The molecule has 2 aromatic rings. The lowest BCUT2D eigenvalue weighted by Gasteiger charge is -2.13. The fourth-order valence-corrected chi connectivity index (χ4v) is 1.93. The Balaban J connectivity index is 2.16. The number of hydrogen-bond donors (Lipinski definition) is 1. The topological polar surface area (TPSA) is 34.2 Å². The lowest BCUT2D eigenvalue weighted by Crippen LogP contribution is -2.07. The molecule has 1 aromatic heterocycles. The average Bonchev–Trinajstić information content (AvgIpc) is 2.40. The van der Waals surface area contributed by atoms with E-state index in [1.54, 1.807) is 18.5 Å². The van der Waals surface area contributed by atoms with Gasteiger partial charge in [-0.2, -0.15) is 8.78 Å². The zero-order valence-corrected chi connectivity index (χ0v) is 11.5. The third-order valence-corrected chi connectivity index (χ3v) is 2.98. The Kier molecular flexibility index (Phi) is 4.74. The fraction of sp³-hybridized carbons (Fsp3) is 0.214. The number of benzene rings is 1. The first-order valence-electron chi connectivity index (χ1n) is 5.94. The molecular weight excluding hydrogens is 286 g/mol. The number of aryl methyl sites for hydroxylation is 1. The number of nitrogens with zero attached hydrogens (tertiary/aromatic N) is 1. The van der Waals surface area contributed by atoms with Gasteiger partial charge in [0.1, 0.15) is 5.75 Å². The lowest BCUT2D eigenvalue weighted by molar-refractivity contribution is -0.0504. The molecule has 2 rings (SSSR count). The molecule has 1 aromatic carbocycles. The number of pyridine rings is 1. The molecule has 0 saturated heterocycles. The van der Waals surface area contributed by atoms with E-state index in [0.29, 0.717) is 17.1 Å². The Morgan fingerprint density at radius 1 is 1.35 bits per heavy atom. The molecule has 0 radical (unpaired) electrons. The SMILES string of the molecule is Cc1ccncc1NCc1cc(Cl)ccc1OC(F)F. The van der Waals surface area contributed by atoms with Crippen molar-refractivity contribution < 1.29 is 13.5 Å². The van der Waals surface area contributed by atoms with E-state index < -0.39 is 6.61 Å². The van der Waals surface area contributed by atoms with Gasteiger partial charge in [-0.05, 0) is 36.8 Å². The van der Waals surface area contributed by atoms with Gasteiger partial charge >= 0.3 is 6.61 Å². The Morgan fingerprint density at radius 2 is 2.15 bits per heavy atom. The molecule has 0 unspecified atom stereocenters. The van der Waals surface area contributed by atoms with Gasteiger partial charge in [0.2, 0.25) is 0 Å². The highest BCUT2D eigenvalue weighted by Crippen LogP contribution is 2.25. The maximum Gasteiger partial charge on any atom is 0.387 e. The zero-order valence-electron chi connectivity index (χ0n) is 10.7. The van der Waals surface area contributed by atoms with Gasteiger partial charge in [-0.15, -0.1) is 0 Å². The predicted octanol–water partition coefficient (Wildman–Crippen LogP) is 4.26. The second kappa shape index (κ2) is 6.52. The molecule has 0 atom stereocenters. The van der Waals surface area contributed by atoms with Crippen LogP contribution in [0.4, 0.5) is 14.5 Å². The van der Waals surface area contributed by atoms with Crippen molar-refractivity contribution in [3.05, 3.63) is 52.8 Å². The summed E-state index contributed by atoms with van der Waals surface area (Å²) >= 11 is 5.88. The highest BCUT2D eigenvalue weighted by Gasteiger charge is 2.10. The molecule has 106 valence electrons. The largest absolute Gasteiger partial charge is 0.434 e.